The highest BCUT2D eigenvalue weighted by Crippen LogP contribution is 2.24. The Morgan fingerprint density at radius 3 is 2.17 bits per heavy atom. The summed E-state index contributed by atoms with van der Waals surface area (Å²) in [5.74, 6) is 1.75. The quantitative estimate of drug-likeness (QED) is 0.748. The van der Waals surface area contributed by atoms with Crippen LogP contribution in [0.5, 0.6) is 0 Å². The number of likely N-dealkylation sites (tertiary alicyclic amines) is 1. The van der Waals surface area contributed by atoms with Crippen LogP contribution in [0.4, 0.5) is 0 Å². The first-order chi connectivity index (χ1) is 8.54. The number of rotatable bonds is 7. The molecule has 2 nitrogen and oxygen atoms in total. The van der Waals surface area contributed by atoms with E-state index in [9.17, 15) is 0 Å². The van der Waals surface area contributed by atoms with Crippen molar-refractivity contribution in [1.82, 2.24) is 10.2 Å². The Bertz CT molecular complexity index is 205. The van der Waals surface area contributed by atoms with Crippen molar-refractivity contribution in [2.24, 2.45) is 11.8 Å². The molecule has 1 heterocycles. The molecule has 0 aromatic heterocycles. The molecular formula is C16H34N2. The lowest BCUT2D eigenvalue weighted by Crippen LogP contribution is -2.49. The number of hydrogen-bond donors (Lipinski definition) is 1. The summed E-state index contributed by atoms with van der Waals surface area (Å²) in [6.07, 6.45) is 5.62. The van der Waals surface area contributed by atoms with E-state index in [0.29, 0.717) is 6.04 Å². The Hall–Kier alpha value is -0.0800. The van der Waals surface area contributed by atoms with E-state index < -0.39 is 0 Å². The third-order valence-corrected chi connectivity index (χ3v) is 4.32. The van der Waals surface area contributed by atoms with Crippen LogP contribution in [-0.4, -0.2) is 36.6 Å². The summed E-state index contributed by atoms with van der Waals surface area (Å²) in [7, 11) is 0. The van der Waals surface area contributed by atoms with E-state index in [1.54, 1.807) is 0 Å². The molecule has 1 fully saturated rings. The van der Waals surface area contributed by atoms with Crippen LogP contribution in [0.1, 0.15) is 60.3 Å². The maximum Gasteiger partial charge on any atom is 0.0243 e. The second-order valence-electron chi connectivity index (χ2n) is 6.64. The van der Waals surface area contributed by atoms with E-state index in [1.807, 2.05) is 0 Å². The molecule has 0 saturated carbocycles. The van der Waals surface area contributed by atoms with Gasteiger partial charge in [0.05, 0.1) is 0 Å². The SMILES string of the molecule is CCCC1CCN(C(CNC(C)C)C(C)C)CC1. The topological polar surface area (TPSA) is 15.3 Å². The normalized spacial score (nSPS) is 20.8. The Kier molecular flexibility index (Phi) is 7.25. The van der Waals surface area contributed by atoms with E-state index in [2.05, 4.69) is 44.8 Å². The Morgan fingerprint density at radius 1 is 1.11 bits per heavy atom. The molecule has 1 aliphatic rings. The lowest BCUT2D eigenvalue weighted by molar-refractivity contribution is 0.0988. The first-order valence-electron chi connectivity index (χ1n) is 8.02. The summed E-state index contributed by atoms with van der Waals surface area (Å²) in [5, 5.41) is 3.62. The monoisotopic (exact) mass is 254 g/mol. The van der Waals surface area contributed by atoms with E-state index in [4.69, 9.17) is 0 Å². The molecule has 1 aliphatic heterocycles. The summed E-state index contributed by atoms with van der Waals surface area (Å²) >= 11 is 0. The summed E-state index contributed by atoms with van der Waals surface area (Å²) in [4.78, 5) is 2.73. The Balaban J connectivity index is 2.40. The van der Waals surface area contributed by atoms with E-state index in [1.165, 1.54) is 38.8 Å². The van der Waals surface area contributed by atoms with E-state index in [-0.39, 0.29) is 0 Å². The first kappa shape index (κ1) is 16.0. The standard InChI is InChI=1S/C16H34N2/c1-6-7-15-8-10-18(11-9-15)16(13(2)3)12-17-14(4)5/h13-17H,6-12H2,1-5H3. The molecule has 0 aromatic carbocycles. The summed E-state index contributed by atoms with van der Waals surface area (Å²) < 4.78 is 0. The minimum atomic E-state index is 0.601. The smallest absolute Gasteiger partial charge is 0.0243 e. The average Bonchev–Trinajstić information content (AvgIpc) is 2.31. The van der Waals surface area contributed by atoms with Gasteiger partial charge in [0.1, 0.15) is 0 Å². The minimum Gasteiger partial charge on any atom is -0.313 e. The van der Waals surface area contributed by atoms with Gasteiger partial charge in [-0.1, -0.05) is 47.5 Å². The van der Waals surface area contributed by atoms with Crippen molar-refractivity contribution in [3.63, 3.8) is 0 Å². The Morgan fingerprint density at radius 2 is 1.72 bits per heavy atom. The van der Waals surface area contributed by atoms with Crippen molar-refractivity contribution < 1.29 is 0 Å². The minimum absolute atomic E-state index is 0.601. The second-order valence-corrected chi connectivity index (χ2v) is 6.64. The van der Waals surface area contributed by atoms with E-state index in [0.717, 1.165) is 24.4 Å². The highest BCUT2D eigenvalue weighted by Gasteiger charge is 2.26. The summed E-state index contributed by atoms with van der Waals surface area (Å²) in [6.45, 7) is 15.3. The van der Waals surface area contributed by atoms with Gasteiger partial charge >= 0.3 is 0 Å². The van der Waals surface area contributed by atoms with Crippen molar-refractivity contribution in [1.29, 1.82) is 0 Å². The van der Waals surface area contributed by atoms with Crippen molar-refractivity contribution in [2.45, 2.75) is 72.4 Å². The molecule has 0 amide bonds. The molecule has 1 unspecified atom stereocenters. The van der Waals surface area contributed by atoms with Gasteiger partial charge < -0.3 is 5.32 Å². The molecule has 0 spiro atoms. The van der Waals surface area contributed by atoms with Gasteiger partial charge in [0.25, 0.3) is 0 Å². The van der Waals surface area contributed by atoms with Crippen molar-refractivity contribution in [3.05, 3.63) is 0 Å². The molecule has 108 valence electrons. The van der Waals surface area contributed by atoms with Crippen LogP contribution in [0.3, 0.4) is 0 Å². The molecule has 0 aromatic rings. The molecule has 18 heavy (non-hydrogen) atoms. The fourth-order valence-electron chi connectivity index (χ4n) is 3.12. The fraction of sp³-hybridized carbons (Fsp3) is 1.00. The molecular weight excluding hydrogens is 220 g/mol. The lowest BCUT2D eigenvalue weighted by atomic mass is 9.90. The van der Waals surface area contributed by atoms with Crippen molar-refractivity contribution in [3.8, 4) is 0 Å². The highest BCUT2D eigenvalue weighted by molar-refractivity contribution is 4.82. The largest absolute Gasteiger partial charge is 0.313 e. The van der Waals surface area contributed by atoms with Crippen LogP contribution >= 0.6 is 0 Å². The van der Waals surface area contributed by atoms with Crippen LogP contribution in [0.15, 0.2) is 0 Å². The van der Waals surface area contributed by atoms with Gasteiger partial charge in [-0.15, -0.1) is 0 Å². The number of hydrogen-bond acceptors (Lipinski definition) is 2. The highest BCUT2D eigenvalue weighted by atomic mass is 15.2. The predicted octanol–water partition coefficient (Wildman–Crippen LogP) is 3.52. The van der Waals surface area contributed by atoms with Crippen molar-refractivity contribution in [2.75, 3.05) is 19.6 Å². The number of piperidine rings is 1. The van der Waals surface area contributed by atoms with Crippen LogP contribution < -0.4 is 5.32 Å². The number of nitrogens with one attached hydrogen (secondary N) is 1. The third-order valence-electron chi connectivity index (χ3n) is 4.32. The molecule has 0 bridgehead atoms. The number of nitrogens with zero attached hydrogens (tertiary/aromatic N) is 1. The molecule has 0 aliphatic carbocycles. The predicted molar refractivity (Wildman–Crippen MR) is 81.0 cm³/mol. The van der Waals surface area contributed by atoms with Crippen LogP contribution in [0.25, 0.3) is 0 Å². The summed E-state index contributed by atoms with van der Waals surface area (Å²) in [5.41, 5.74) is 0. The molecule has 1 atom stereocenters. The molecule has 1 saturated heterocycles. The maximum atomic E-state index is 3.62. The van der Waals surface area contributed by atoms with E-state index >= 15 is 0 Å². The van der Waals surface area contributed by atoms with Gasteiger partial charge in [0.15, 0.2) is 0 Å². The zero-order valence-corrected chi connectivity index (χ0v) is 13.2. The van der Waals surface area contributed by atoms with Gasteiger partial charge in [-0.05, 0) is 37.8 Å². The first-order valence-corrected chi connectivity index (χ1v) is 8.02. The van der Waals surface area contributed by atoms with Gasteiger partial charge in [0, 0.05) is 18.6 Å². The van der Waals surface area contributed by atoms with Crippen LogP contribution in [0, 0.1) is 11.8 Å². The van der Waals surface area contributed by atoms with Gasteiger partial charge in [0.2, 0.25) is 0 Å². The van der Waals surface area contributed by atoms with Crippen LogP contribution in [-0.2, 0) is 0 Å². The average molecular weight is 254 g/mol. The third kappa shape index (κ3) is 5.27. The molecule has 1 rings (SSSR count). The zero-order chi connectivity index (χ0) is 13.5. The van der Waals surface area contributed by atoms with Gasteiger partial charge in [-0.25, -0.2) is 0 Å². The van der Waals surface area contributed by atoms with Crippen molar-refractivity contribution >= 4 is 0 Å². The van der Waals surface area contributed by atoms with Gasteiger partial charge in [-0.2, -0.15) is 0 Å². The lowest BCUT2D eigenvalue weighted by Gasteiger charge is -2.40. The van der Waals surface area contributed by atoms with Gasteiger partial charge in [-0.3, -0.25) is 4.90 Å². The molecule has 2 heteroatoms. The maximum absolute atomic E-state index is 3.62. The molecule has 0 radical (unpaired) electrons. The summed E-state index contributed by atoms with van der Waals surface area (Å²) in [6, 6.07) is 1.32. The zero-order valence-electron chi connectivity index (χ0n) is 13.2. The fourth-order valence-corrected chi connectivity index (χ4v) is 3.12. The molecule has 1 N–H and O–H groups in total. The Labute approximate surface area is 115 Å². The van der Waals surface area contributed by atoms with Crippen LogP contribution in [0.2, 0.25) is 0 Å². The second kappa shape index (κ2) is 8.16.